The largest absolute Gasteiger partial charge is 0.394 e. The van der Waals surface area contributed by atoms with Crippen LogP contribution in [0.1, 0.15) is 19.3 Å². The number of nitrogens with two attached hydrogens (primary N) is 1. The van der Waals surface area contributed by atoms with Crippen molar-refractivity contribution < 1.29 is 5.11 Å². The molecule has 102 valence electrons. The quantitative estimate of drug-likeness (QED) is 0.454. The fourth-order valence-electron chi connectivity index (χ4n) is 2.57. The number of anilines is 2. The van der Waals surface area contributed by atoms with Gasteiger partial charge in [-0.05, 0) is 19.3 Å². The number of nitrogen functional groups attached to an aromatic ring is 1. The van der Waals surface area contributed by atoms with Crippen LogP contribution in [0, 0.1) is 0 Å². The lowest BCUT2D eigenvalue weighted by Gasteiger charge is -2.35. The molecule has 0 spiro atoms. The lowest BCUT2D eigenvalue weighted by atomic mass is 10.0. The molecule has 8 nitrogen and oxygen atoms in total. The molecule has 2 aromatic rings. The Balaban J connectivity index is 2.08. The maximum atomic E-state index is 9.52. The van der Waals surface area contributed by atoms with Crippen molar-refractivity contribution in [3.8, 4) is 0 Å². The molecular weight excluding hydrogens is 246 g/mol. The first-order valence-corrected chi connectivity index (χ1v) is 6.38. The maximum absolute atomic E-state index is 9.52. The van der Waals surface area contributed by atoms with Crippen molar-refractivity contribution in [1.29, 1.82) is 0 Å². The van der Waals surface area contributed by atoms with Crippen LogP contribution in [0.15, 0.2) is 6.20 Å². The Kier molecular flexibility index (Phi) is 3.18. The highest BCUT2D eigenvalue weighted by molar-refractivity contribution is 5.87. The Morgan fingerprint density at radius 1 is 1.47 bits per heavy atom. The van der Waals surface area contributed by atoms with Gasteiger partial charge in [-0.1, -0.05) is 0 Å². The summed E-state index contributed by atoms with van der Waals surface area (Å²) in [4.78, 5) is 10.7. The highest BCUT2D eigenvalue weighted by atomic mass is 16.3. The zero-order valence-corrected chi connectivity index (χ0v) is 10.5. The lowest BCUT2D eigenvalue weighted by molar-refractivity contribution is 0.239. The van der Waals surface area contributed by atoms with Crippen molar-refractivity contribution in [2.45, 2.75) is 25.3 Å². The monoisotopic (exact) mass is 263 g/mol. The van der Waals surface area contributed by atoms with Crippen LogP contribution in [0.3, 0.4) is 0 Å². The average molecular weight is 263 g/mol. The molecule has 8 heteroatoms. The number of aromatic amines is 1. The van der Waals surface area contributed by atoms with E-state index >= 15 is 0 Å². The predicted molar refractivity (Wildman–Crippen MR) is 71.6 cm³/mol. The Morgan fingerprint density at radius 2 is 2.37 bits per heavy atom. The number of nitrogens with one attached hydrogen (secondary N) is 2. The molecule has 0 radical (unpaired) electrons. The van der Waals surface area contributed by atoms with Gasteiger partial charge in [0.2, 0.25) is 5.95 Å². The van der Waals surface area contributed by atoms with Crippen LogP contribution in [0.5, 0.6) is 0 Å². The second kappa shape index (κ2) is 4.98. The van der Waals surface area contributed by atoms with Gasteiger partial charge in [0.25, 0.3) is 0 Å². The van der Waals surface area contributed by atoms with Crippen LogP contribution < -0.4 is 16.2 Å². The third-order valence-electron chi connectivity index (χ3n) is 3.53. The van der Waals surface area contributed by atoms with Crippen LogP contribution in [-0.2, 0) is 0 Å². The summed E-state index contributed by atoms with van der Waals surface area (Å²) >= 11 is 0. The SMILES string of the molecule is NNc1nc(N2CCCCC2CO)c2cn[nH]c2n1. The molecule has 3 rings (SSSR count). The molecule has 5 N–H and O–H groups in total. The normalized spacial score (nSPS) is 19.9. The first kappa shape index (κ1) is 12.1. The van der Waals surface area contributed by atoms with Gasteiger partial charge in [-0.3, -0.25) is 10.5 Å². The van der Waals surface area contributed by atoms with Crippen molar-refractivity contribution >= 4 is 22.8 Å². The number of aliphatic hydroxyl groups is 1. The van der Waals surface area contributed by atoms with Crippen molar-refractivity contribution in [2.75, 3.05) is 23.5 Å². The smallest absolute Gasteiger partial charge is 0.241 e. The van der Waals surface area contributed by atoms with E-state index in [9.17, 15) is 5.11 Å². The molecule has 0 saturated carbocycles. The van der Waals surface area contributed by atoms with Gasteiger partial charge in [-0.25, -0.2) is 5.84 Å². The Hall–Kier alpha value is -1.93. The molecule has 3 heterocycles. The van der Waals surface area contributed by atoms with E-state index in [2.05, 4.69) is 30.5 Å². The summed E-state index contributed by atoms with van der Waals surface area (Å²) in [5.41, 5.74) is 3.10. The molecule has 1 atom stereocenters. The van der Waals surface area contributed by atoms with Gasteiger partial charge in [0.1, 0.15) is 5.82 Å². The Bertz CT molecular complexity index is 569. The van der Waals surface area contributed by atoms with Crippen LogP contribution >= 0.6 is 0 Å². The summed E-state index contributed by atoms with van der Waals surface area (Å²) in [6.45, 7) is 0.987. The van der Waals surface area contributed by atoms with Gasteiger partial charge < -0.3 is 10.0 Å². The third kappa shape index (κ3) is 2.08. The number of hydrogen-bond donors (Lipinski definition) is 4. The van der Waals surface area contributed by atoms with E-state index in [1.165, 1.54) is 0 Å². The fraction of sp³-hybridized carbons (Fsp3) is 0.545. The van der Waals surface area contributed by atoms with Crippen LogP contribution in [0.4, 0.5) is 11.8 Å². The van der Waals surface area contributed by atoms with E-state index in [4.69, 9.17) is 5.84 Å². The molecular formula is C11H17N7O. The zero-order chi connectivity index (χ0) is 13.2. The Labute approximate surface area is 110 Å². The minimum Gasteiger partial charge on any atom is -0.394 e. The first-order chi connectivity index (χ1) is 9.33. The van der Waals surface area contributed by atoms with Gasteiger partial charge >= 0.3 is 0 Å². The number of rotatable bonds is 3. The second-order valence-corrected chi connectivity index (χ2v) is 4.67. The van der Waals surface area contributed by atoms with E-state index in [1.807, 2.05) is 0 Å². The maximum Gasteiger partial charge on any atom is 0.241 e. The number of hydrogen-bond acceptors (Lipinski definition) is 7. The van der Waals surface area contributed by atoms with Crippen LogP contribution in [0.25, 0.3) is 11.0 Å². The van der Waals surface area contributed by atoms with Crippen molar-refractivity contribution in [2.24, 2.45) is 5.84 Å². The van der Waals surface area contributed by atoms with Gasteiger partial charge in [0.05, 0.1) is 24.2 Å². The van der Waals surface area contributed by atoms with Crippen LogP contribution in [0.2, 0.25) is 0 Å². The summed E-state index contributed by atoms with van der Waals surface area (Å²) in [7, 11) is 0. The van der Waals surface area contributed by atoms with E-state index in [0.717, 1.165) is 37.0 Å². The minimum absolute atomic E-state index is 0.0902. The third-order valence-corrected chi connectivity index (χ3v) is 3.53. The molecule has 2 aromatic heterocycles. The molecule has 1 fully saturated rings. The molecule has 0 aliphatic carbocycles. The van der Waals surface area contributed by atoms with Crippen molar-refractivity contribution in [3.05, 3.63) is 6.20 Å². The summed E-state index contributed by atoms with van der Waals surface area (Å²) in [6, 6.07) is 0.0902. The summed E-state index contributed by atoms with van der Waals surface area (Å²) in [5, 5.41) is 17.2. The molecule has 1 saturated heterocycles. The summed E-state index contributed by atoms with van der Waals surface area (Å²) < 4.78 is 0. The minimum atomic E-state index is 0.0902. The number of H-pyrrole nitrogens is 1. The van der Waals surface area contributed by atoms with Crippen molar-refractivity contribution in [3.63, 3.8) is 0 Å². The van der Waals surface area contributed by atoms with Gasteiger partial charge in [0, 0.05) is 6.54 Å². The van der Waals surface area contributed by atoms with Gasteiger partial charge in [-0.2, -0.15) is 15.1 Å². The number of piperidine rings is 1. The molecule has 1 unspecified atom stereocenters. The highest BCUT2D eigenvalue weighted by Gasteiger charge is 2.25. The zero-order valence-electron chi connectivity index (χ0n) is 10.5. The fourth-order valence-corrected chi connectivity index (χ4v) is 2.57. The molecule has 0 aromatic carbocycles. The number of aromatic nitrogens is 4. The van der Waals surface area contributed by atoms with Gasteiger partial charge in [-0.15, -0.1) is 0 Å². The van der Waals surface area contributed by atoms with E-state index in [1.54, 1.807) is 6.20 Å². The standard InChI is InChI=1S/C11H17N7O/c12-16-11-14-9-8(5-13-17-9)10(15-11)18-4-2-1-3-7(18)6-19/h5,7,19H,1-4,6,12H2,(H2,13,14,15,16,17). The number of fused-ring (bicyclic) bond motifs is 1. The molecule has 19 heavy (non-hydrogen) atoms. The average Bonchev–Trinajstić information content (AvgIpc) is 2.94. The molecule has 1 aliphatic heterocycles. The molecule has 0 amide bonds. The number of aliphatic hydroxyl groups excluding tert-OH is 1. The predicted octanol–water partition coefficient (Wildman–Crippen LogP) is -0.0103. The topological polar surface area (TPSA) is 116 Å². The number of nitrogens with zero attached hydrogens (tertiary/aromatic N) is 4. The summed E-state index contributed by atoms with van der Waals surface area (Å²) in [6.07, 6.45) is 4.88. The molecule has 1 aliphatic rings. The van der Waals surface area contributed by atoms with Crippen molar-refractivity contribution in [1.82, 2.24) is 20.2 Å². The summed E-state index contributed by atoms with van der Waals surface area (Å²) in [5.74, 6) is 6.51. The Morgan fingerprint density at radius 3 is 3.16 bits per heavy atom. The second-order valence-electron chi connectivity index (χ2n) is 4.67. The van der Waals surface area contributed by atoms with Crippen LogP contribution in [-0.4, -0.2) is 44.5 Å². The lowest BCUT2D eigenvalue weighted by Crippen LogP contribution is -2.42. The molecule has 0 bridgehead atoms. The van der Waals surface area contributed by atoms with E-state index < -0.39 is 0 Å². The van der Waals surface area contributed by atoms with Gasteiger partial charge in [0.15, 0.2) is 5.65 Å². The van der Waals surface area contributed by atoms with E-state index in [0.29, 0.717) is 11.6 Å². The first-order valence-electron chi connectivity index (χ1n) is 6.38. The number of hydrazine groups is 1. The van der Waals surface area contributed by atoms with E-state index in [-0.39, 0.29) is 12.6 Å². The highest BCUT2D eigenvalue weighted by Crippen LogP contribution is 2.29.